The molecule has 514 valence electrons. The Labute approximate surface area is 613 Å². The highest BCUT2D eigenvalue weighted by Crippen LogP contribution is 2.35. The summed E-state index contributed by atoms with van der Waals surface area (Å²) in [5, 5.41) is 45.4. The number of halogens is 9. The molecule has 10 rings (SSSR count). The van der Waals surface area contributed by atoms with Crippen LogP contribution in [0.15, 0.2) is 169 Å². The van der Waals surface area contributed by atoms with Gasteiger partial charge in [0.25, 0.3) is 35.4 Å². The zero-order valence-corrected chi connectivity index (χ0v) is 55.8. The Kier molecular flexibility index (Phi) is 30.2. The van der Waals surface area contributed by atoms with Crippen LogP contribution < -0.4 is 43.4 Å². The highest BCUT2D eigenvalue weighted by atomic mass is 35.5. The number of amidine groups is 3. The highest BCUT2D eigenvalue weighted by Gasteiger charge is 2.24. The lowest BCUT2D eigenvalue weighted by Crippen LogP contribution is -2.40. The van der Waals surface area contributed by atoms with Gasteiger partial charge in [-0.3, -0.25) is 39.6 Å². The van der Waals surface area contributed by atoms with Crippen molar-refractivity contribution in [1.82, 2.24) is 19.9 Å². The number of nitrogen functional groups attached to an aromatic ring is 1. The topological polar surface area (TPSA) is 358 Å². The number of hydrogen-bond donors (Lipinski definition) is 11. The minimum absolute atomic E-state index is 0. The second-order valence-electron chi connectivity index (χ2n) is 19.8. The Morgan fingerprint density at radius 3 is 0.980 bits per heavy atom. The van der Waals surface area contributed by atoms with Gasteiger partial charge in [-0.1, -0.05) is 168 Å². The zero-order chi connectivity index (χ0) is 69.3. The van der Waals surface area contributed by atoms with Crippen LogP contribution >= 0.6 is 104 Å². The van der Waals surface area contributed by atoms with Crippen molar-refractivity contribution in [3.05, 3.63) is 259 Å². The molecule has 0 saturated carbocycles. The summed E-state index contributed by atoms with van der Waals surface area (Å²) in [5.41, 5.74) is 13.8. The first-order chi connectivity index (χ1) is 45.8. The molecule has 4 heterocycles. The molecule has 23 nitrogen and oxygen atoms in total. The number of carbonyl (C=O) groups excluding carboxylic acids is 6. The molecule has 6 aromatic carbocycles. The molecule has 0 bridgehead atoms. The number of hydrogen-bond acceptors (Lipinski definition) is 14. The molecule has 0 atom stereocenters. The molecule has 0 radical (unpaired) electrons. The fourth-order valence-electron chi connectivity index (χ4n) is 8.50. The van der Waals surface area contributed by atoms with Crippen LogP contribution in [0.4, 0.5) is 34.5 Å². The SMILES string of the molecule is C.C.C.N=C(N)c1ccc(C(=O)Nc2c(Cl)cc(Cl)cc2C(=O)Nc2ccc(Cl)cn2)cc1.N=C(c1ccc(C(=O)Nc2c(Cl)cc(Cl)cc2C(=O)Nc2ccc(Cl)cn2)cc1)N1CCOCC1.NC(=NO)c1ccc(C(=O)Nc2c(Cl)cc(Cl)cc2C(=O)Nc2ccc(Cl)cn2)cc1. The molecule has 13 N–H and O–H groups in total. The standard InChI is InChI=1S/C24H20Cl3N5O3.C20H14Cl3N5O3.C20H14Cl3N5O2.3CH4/c25-16-5-6-20(29-13-16)30-24(34)18-11-17(26)12-19(27)21(18)31-23(33)15-3-1-14(2-4-15)22(28)32-7-9-35-10-8-32;21-12-5-6-16(25-9-12)26-20(30)14-7-13(22)8-15(23)17(14)27-19(29)11-3-1-10(2-4-11)18(24)28-31;21-12-5-6-16(26-9-12)27-20(30)14-7-13(22)8-15(23)17(14)28-19(29)11-3-1-10(2-4-11)18(24)25;;;/h1-6,11-13,28H,7-10H2,(H,31,33)(H,29,30,34);1-9,31H,(H2,24,28)(H,27,29)(H,25,26,30);1-9H,(H3,24,25)(H,28,29)(H,26,27,30);3*1H4. The molecule has 3 aromatic heterocycles. The van der Waals surface area contributed by atoms with Gasteiger partial charge in [-0.25, -0.2) is 15.0 Å². The van der Waals surface area contributed by atoms with Gasteiger partial charge >= 0.3 is 0 Å². The van der Waals surface area contributed by atoms with Crippen LogP contribution in [0.2, 0.25) is 45.2 Å². The van der Waals surface area contributed by atoms with Gasteiger partial charge in [0.15, 0.2) is 5.84 Å². The van der Waals surface area contributed by atoms with E-state index in [0.717, 1.165) is 0 Å². The number of amides is 6. The number of carbonyl (C=O) groups is 6. The normalized spacial score (nSPS) is 11.3. The third kappa shape index (κ3) is 22.2. The maximum absolute atomic E-state index is 13.0. The van der Waals surface area contributed by atoms with Crippen LogP contribution in [0, 0.1) is 10.8 Å². The van der Waals surface area contributed by atoms with E-state index in [1.54, 1.807) is 60.7 Å². The molecule has 1 aliphatic rings. The molecule has 0 aliphatic carbocycles. The molecule has 0 spiro atoms. The lowest BCUT2D eigenvalue weighted by molar-refractivity contribution is 0.0680. The maximum atomic E-state index is 13.0. The number of nitrogens with zero attached hydrogens (tertiary/aromatic N) is 5. The van der Waals surface area contributed by atoms with E-state index < -0.39 is 35.4 Å². The summed E-state index contributed by atoms with van der Waals surface area (Å²) in [6.45, 7) is 2.45. The fourth-order valence-corrected chi connectivity index (χ4v) is 10.5. The first-order valence-corrected chi connectivity index (χ1v) is 31.0. The van der Waals surface area contributed by atoms with Gasteiger partial charge in [0.2, 0.25) is 0 Å². The van der Waals surface area contributed by atoms with Crippen LogP contribution in [0.25, 0.3) is 0 Å². The molecule has 0 unspecified atom stereocenters. The summed E-state index contributed by atoms with van der Waals surface area (Å²) in [4.78, 5) is 90.8. The molecule has 1 aliphatic heterocycles. The molecule has 9 aromatic rings. The first-order valence-electron chi connectivity index (χ1n) is 27.6. The Morgan fingerprint density at radius 2 is 0.697 bits per heavy atom. The molecular formula is C67H60Cl9N15O8. The smallest absolute Gasteiger partial charge is 0.259 e. The molecule has 32 heteroatoms. The lowest BCUT2D eigenvalue weighted by Gasteiger charge is -2.29. The molecular weight excluding hydrogens is 1460 g/mol. The van der Waals surface area contributed by atoms with Crippen molar-refractivity contribution < 1.29 is 38.7 Å². The zero-order valence-electron chi connectivity index (χ0n) is 49.0. The van der Waals surface area contributed by atoms with Crippen LogP contribution in [-0.2, 0) is 4.74 Å². The first kappa shape index (κ1) is 80.1. The van der Waals surface area contributed by atoms with Crippen molar-refractivity contribution in [3.8, 4) is 0 Å². The number of nitrogens with one attached hydrogen (secondary N) is 8. The Bertz CT molecular complexity index is 4460. The van der Waals surface area contributed by atoms with Crippen LogP contribution in [-0.4, -0.2) is 104 Å². The Morgan fingerprint density at radius 1 is 0.404 bits per heavy atom. The molecule has 1 saturated heterocycles. The second kappa shape index (κ2) is 37.4. The fraction of sp³-hybridized carbons (Fsp3) is 0.104. The van der Waals surface area contributed by atoms with Crippen molar-refractivity contribution >= 4 is 192 Å². The van der Waals surface area contributed by atoms with Gasteiger partial charge in [0, 0.05) is 80.1 Å². The van der Waals surface area contributed by atoms with E-state index in [1.165, 1.54) is 104 Å². The van der Waals surface area contributed by atoms with E-state index in [1.807, 2.05) is 4.90 Å². The third-order valence-electron chi connectivity index (χ3n) is 13.3. The van der Waals surface area contributed by atoms with E-state index in [4.69, 9.17) is 137 Å². The summed E-state index contributed by atoms with van der Waals surface area (Å²) < 4.78 is 5.33. The van der Waals surface area contributed by atoms with E-state index in [9.17, 15) is 28.8 Å². The minimum atomic E-state index is -0.586. The van der Waals surface area contributed by atoms with Crippen LogP contribution in [0.5, 0.6) is 0 Å². The predicted molar refractivity (Wildman–Crippen MR) is 397 cm³/mol. The number of ether oxygens (including phenoxy) is 1. The molecule has 99 heavy (non-hydrogen) atoms. The number of pyridine rings is 3. The van der Waals surface area contributed by atoms with Gasteiger partial charge in [-0.05, 0) is 109 Å². The Balaban J connectivity index is 0.000000265. The molecule has 6 amide bonds. The van der Waals surface area contributed by atoms with Gasteiger partial charge < -0.3 is 58.2 Å². The van der Waals surface area contributed by atoms with E-state index in [-0.39, 0.29) is 126 Å². The number of nitrogens with two attached hydrogens (primary N) is 2. The number of benzene rings is 6. The number of rotatable bonds is 15. The second-order valence-corrected chi connectivity index (χ2v) is 23.7. The van der Waals surface area contributed by atoms with Crippen molar-refractivity contribution in [3.63, 3.8) is 0 Å². The van der Waals surface area contributed by atoms with Gasteiger partial charge in [0.05, 0.1) is 77.1 Å². The van der Waals surface area contributed by atoms with Crippen molar-refractivity contribution in [2.24, 2.45) is 16.6 Å². The van der Waals surface area contributed by atoms with E-state index in [0.29, 0.717) is 69.5 Å². The average Bonchev–Trinajstić information content (AvgIpc) is 0.821. The quantitative estimate of drug-likeness (QED) is 0.0197. The summed E-state index contributed by atoms with van der Waals surface area (Å²) in [7, 11) is 0. The number of anilines is 6. The summed E-state index contributed by atoms with van der Waals surface area (Å²) >= 11 is 54.5. The summed E-state index contributed by atoms with van der Waals surface area (Å²) in [6.07, 6.45) is 4.16. The average molecular weight is 1520 g/mol. The lowest BCUT2D eigenvalue weighted by atomic mass is 10.1. The van der Waals surface area contributed by atoms with Gasteiger partial charge in [-0.2, -0.15) is 0 Å². The minimum Gasteiger partial charge on any atom is -0.409 e. The largest absolute Gasteiger partial charge is 0.409 e. The Hall–Kier alpha value is -9.63. The van der Waals surface area contributed by atoms with E-state index in [2.05, 4.69) is 52.0 Å². The maximum Gasteiger partial charge on any atom is 0.259 e. The number of aromatic nitrogens is 3. The van der Waals surface area contributed by atoms with Crippen LogP contribution in [0.3, 0.4) is 0 Å². The van der Waals surface area contributed by atoms with Crippen LogP contribution in [0.1, 0.15) is 101 Å². The van der Waals surface area contributed by atoms with E-state index >= 15 is 0 Å². The van der Waals surface area contributed by atoms with Gasteiger partial charge in [-0.15, -0.1) is 0 Å². The monoisotopic (exact) mass is 1520 g/mol. The predicted octanol–water partition coefficient (Wildman–Crippen LogP) is 16.6. The van der Waals surface area contributed by atoms with Crippen molar-refractivity contribution in [1.29, 1.82) is 10.8 Å². The van der Waals surface area contributed by atoms with Crippen molar-refractivity contribution in [2.75, 3.05) is 58.2 Å². The summed E-state index contributed by atoms with van der Waals surface area (Å²) in [5.74, 6) is -2.29. The number of oxime groups is 1. The van der Waals surface area contributed by atoms with Crippen molar-refractivity contribution in [2.45, 2.75) is 22.3 Å². The van der Waals surface area contributed by atoms with Gasteiger partial charge in [0.1, 0.15) is 29.1 Å². The summed E-state index contributed by atoms with van der Waals surface area (Å²) in [6, 6.07) is 36.4. The molecule has 1 fully saturated rings. The number of morpholine rings is 1. The highest BCUT2D eigenvalue weighted by molar-refractivity contribution is 6.40. The third-order valence-corrected chi connectivity index (χ3v) is 15.5.